The molecule has 2 heteroatoms. The topological polar surface area (TPSA) is 17.1 Å². The zero-order valence-corrected chi connectivity index (χ0v) is 6.52. The molecule has 1 rings (SSSR count). The minimum absolute atomic E-state index is 0.464. The van der Waals surface area contributed by atoms with Gasteiger partial charge in [-0.3, -0.25) is 4.21 Å². The molecule has 0 aliphatic carbocycles. The summed E-state index contributed by atoms with van der Waals surface area (Å²) in [6.07, 6.45) is 1.37. The molecule has 54 valence electrons. The van der Waals surface area contributed by atoms with Crippen molar-refractivity contribution >= 4 is 10.8 Å². The lowest BCUT2D eigenvalue weighted by molar-refractivity contribution is 0.686. The highest BCUT2D eigenvalue weighted by Crippen LogP contribution is 2.00. The molecule has 0 bridgehead atoms. The van der Waals surface area contributed by atoms with Gasteiger partial charge >= 0.3 is 0 Å². The molecule has 0 saturated heterocycles. The van der Waals surface area contributed by atoms with Crippen LogP contribution in [0.3, 0.4) is 0 Å². The molecular formula is C8H10OS. The fourth-order valence-electron chi connectivity index (χ4n) is 0.672. The lowest BCUT2D eigenvalue weighted by Crippen LogP contribution is -1.90. The molecule has 0 N–H and O–H groups in total. The molecule has 0 heterocycles. The van der Waals surface area contributed by atoms with Crippen molar-refractivity contribution in [2.24, 2.45) is 0 Å². The smallest absolute Gasteiger partial charge is 0.0482 e. The van der Waals surface area contributed by atoms with Gasteiger partial charge in [-0.05, 0) is 5.56 Å². The summed E-state index contributed by atoms with van der Waals surface area (Å²) in [7, 11) is -1.49. The Balaban J connectivity index is 3.06. The number of hydrogen-bond acceptors (Lipinski definition) is 1. The Hall–Kier alpha value is -0.630. The summed E-state index contributed by atoms with van der Waals surface area (Å²) in [4.78, 5) is 0. The lowest BCUT2D eigenvalue weighted by atomic mass is 10.2. The van der Waals surface area contributed by atoms with Crippen molar-refractivity contribution in [3.8, 4) is 0 Å². The minimum atomic E-state index is -1.73. The first-order chi connectivity index (χ1) is 5.55. The van der Waals surface area contributed by atoms with E-state index in [0.717, 1.165) is 0 Å². The zero-order valence-electron chi connectivity index (χ0n) is 7.70. The summed E-state index contributed by atoms with van der Waals surface area (Å²) in [6.45, 7) is 0. The summed E-state index contributed by atoms with van der Waals surface area (Å²) in [6, 6.07) is 8.56. The minimum Gasteiger partial charge on any atom is -0.260 e. The van der Waals surface area contributed by atoms with Gasteiger partial charge in [0, 0.05) is 25.5 Å². The molecule has 1 aromatic rings. The van der Waals surface area contributed by atoms with Crippen LogP contribution in [-0.4, -0.2) is 10.5 Å². The Morgan fingerprint density at radius 1 is 1.50 bits per heavy atom. The second-order valence-electron chi connectivity index (χ2n) is 1.92. The maximum Gasteiger partial charge on any atom is 0.0482 e. The van der Waals surface area contributed by atoms with E-state index < -0.39 is 16.5 Å². The summed E-state index contributed by atoms with van der Waals surface area (Å²) >= 11 is 0. The predicted octanol–water partition coefficient (Wildman–Crippen LogP) is 1.57. The third kappa shape index (κ3) is 2.31. The van der Waals surface area contributed by atoms with Crippen molar-refractivity contribution in [3.05, 3.63) is 35.9 Å². The largest absolute Gasteiger partial charge is 0.260 e. The SMILES string of the molecule is [2H]C([2H])(c1ccccc1)S(C)=O. The van der Waals surface area contributed by atoms with Crippen LogP contribution >= 0.6 is 0 Å². The fourth-order valence-corrected chi connectivity index (χ4v) is 1.14. The third-order valence-corrected chi connectivity index (χ3v) is 1.56. The molecular weight excluding hydrogens is 144 g/mol. The fraction of sp³-hybridized carbons (Fsp3) is 0.250. The van der Waals surface area contributed by atoms with Crippen LogP contribution in [0.15, 0.2) is 30.3 Å². The molecule has 0 fully saturated rings. The van der Waals surface area contributed by atoms with E-state index in [1.54, 1.807) is 30.3 Å². The first-order valence-corrected chi connectivity index (χ1v) is 4.50. The van der Waals surface area contributed by atoms with Gasteiger partial charge in [-0.15, -0.1) is 0 Å². The Morgan fingerprint density at radius 2 is 2.10 bits per heavy atom. The van der Waals surface area contributed by atoms with Gasteiger partial charge in [0.25, 0.3) is 0 Å². The standard InChI is InChI=1S/C8H10OS/c1-10(9)7-8-5-3-2-4-6-8/h2-6H,7H2,1H3/i7D2. The van der Waals surface area contributed by atoms with Crippen LogP contribution in [0.25, 0.3) is 0 Å². The molecule has 0 amide bonds. The van der Waals surface area contributed by atoms with Gasteiger partial charge in [0.2, 0.25) is 0 Å². The molecule has 0 saturated carbocycles. The summed E-state index contributed by atoms with van der Waals surface area (Å²) in [5.74, 6) is 0. The average molecular weight is 156 g/mol. The van der Waals surface area contributed by atoms with Gasteiger partial charge in [-0.2, -0.15) is 0 Å². The molecule has 0 aromatic heterocycles. The number of rotatable bonds is 2. The average Bonchev–Trinajstić information content (AvgIpc) is 2.06. The maximum absolute atomic E-state index is 11.0. The third-order valence-electron chi connectivity index (χ3n) is 1.04. The summed E-state index contributed by atoms with van der Waals surface area (Å²) < 4.78 is 26.0. The van der Waals surface area contributed by atoms with Crippen molar-refractivity contribution < 1.29 is 6.95 Å². The molecule has 1 unspecified atom stereocenters. The Kier molecular flexibility index (Phi) is 1.79. The lowest BCUT2D eigenvalue weighted by Gasteiger charge is -1.94. The van der Waals surface area contributed by atoms with E-state index in [-0.39, 0.29) is 0 Å². The quantitative estimate of drug-likeness (QED) is 0.635. The molecule has 0 radical (unpaired) electrons. The van der Waals surface area contributed by atoms with Gasteiger partial charge in [0.15, 0.2) is 0 Å². The molecule has 1 aromatic carbocycles. The normalized spacial score (nSPS) is 17.3. The predicted molar refractivity (Wildman–Crippen MR) is 44.2 cm³/mol. The Labute approximate surface area is 66.3 Å². The van der Waals surface area contributed by atoms with Gasteiger partial charge in [-0.1, -0.05) is 30.3 Å². The number of benzene rings is 1. The molecule has 1 atom stereocenters. The van der Waals surface area contributed by atoms with E-state index in [2.05, 4.69) is 0 Å². The first-order valence-electron chi connectivity index (χ1n) is 3.94. The van der Waals surface area contributed by atoms with Gasteiger partial charge in [0.05, 0.1) is 0 Å². The van der Waals surface area contributed by atoms with Crippen LogP contribution in [0.4, 0.5) is 0 Å². The monoisotopic (exact) mass is 156 g/mol. The van der Waals surface area contributed by atoms with E-state index in [1.165, 1.54) is 6.26 Å². The highest BCUT2D eigenvalue weighted by molar-refractivity contribution is 7.83. The van der Waals surface area contributed by atoms with E-state index in [9.17, 15) is 4.21 Å². The second kappa shape index (κ2) is 3.52. The highest BCUT2D eigenvalue weighted by atomic mass is 32.2. The van der Waals surface area contributed by atoms with Crippen molar-refractivity contribution in [1.82, 2.24) is 0 Å². The summed E-state index contributed by atoms with van der Waals surface area (Å²) in [5, 5.41) is 0. The molecule has 0 spiro atoms. The summed E-state index contributed by atoms with van der Waals surface area (Å²) in [5.41, 5.74) is -1.27. The molecule has 0 aliphatic heterocycles. The van der Waals surface area contributed by atoms with E-state index in [0.29, 0.717) is 5.56 Å². The molecule has 10 heavy (non-hydrogen) atoms. The van der Waals surface area contributed by atoms with Crippen molar-refractivity contribution in [2.45, 2.75) is 5.70 Å². The molecule has 0 aliphatic rings. The van der Waals surface area contributed by atoms with Crippen LogP contribution in [0.2, 0.25) is 0 Å². The van der Waals surface area contributed by atoms with Crippen molar-refractivity contribution in [2.75, 3.05) is 6.26 Å². The van der Waals surface area contributed by atoms with Crippen LogP contribution < -0.4 is 0 Å². The van der Waals surface area contributed by atoms with E-state index in [1.807, 2.05) is 0 Å². The van der Waals surface area contributed by atoms with Gasteiger partial charge < -0.3 is 0 Å². The van der Waals surface area contributed by atoms with Crippen molar-refractivity contribution in [1.29, 1.82) is 0 Å². The second-order valence-corrected chi connectivity index (χ2v) is 3.03. The maximum atomic E-state index is 11.0. The van der Waals surface area contributed by atoms with E-state index in [4.69, 9.17) is 2.74 Å². The zero-order chi connectivity index (χ0) is 9.19. The van der Waals surface area contributed by atoms with Gasteiger partial charge in [-0.25, -0.2) is 0 Å². The first kappa shape index (κ1) is 5.08. The molecule has 1 nitrogen and oxygen atoms in total. The van der Waals surface area contributed by atoms with Crippen LogP contribution in [0.5, 0.6) is 0 Å². The Morgan fingerprint density at radius 3 is 2.60 bits per heavy atom. The Bertz CT molecular complexity index is 284. The van der Waals surface area contributed by atoms with E-state index >= 15 is 0 Å². The number of hydrogen-bond donors (Lipinski definition) is 0. The van der Waals surface area contributed by atoms with Crippen molar-refractivity contribution in [3.63, 3.8) is 0 Å². The van der Waals surface area contributed by atoms with Crippen LogP contribution in [0.1, 0.15) is 8.30 Å². The van der Waals surface area contributed by atoms with Gasteiger partial charge in [0.1, 0.15) is 0 Å². The van der Waals surface area contributed by atoms with Crippen LogP contribution in [-0.2, 0) is 16.5 Å². The van der Waals surface area contributed by atoms with Crippen LogP contribution in [0, 0.1) is 0 Å². The highest BCUT2D eigenvalue weighted by Gasteiger charge is 1.91.